The standard InChI is InChI=1S/C20H31N5O/c1-17(2)16-24-9-11-25(12-10-24)20(6-13-26-14-7-20)23(3)19-18(15-21)5-4-8-22-19/h4-5,8,17H,6-7,9-14,16H2,1-3H3. The Morgan fingerprint density at radius 2 is 1.96 bits per heavy atom. The third-order valence-corrected chi connectivity index (χ3v) is 5.73. The van der Waals surface area contributed by atoms with Crippen molar-refractivity contribution in [2.24, 2.45) is 5.92 Å². The van der Waals surface area contributed by atoms with E-state index >= 15 is 0 Å². The fourth-order valence-corrected chi connectivity index (χ4v) is 4.37. The van der Waals surface area contributed by atoms with Crippen LogP contribution >= 0.6 is 0 Å². The molecule has 2 aliphatic heterocycles. The van der Waals surface area contributed by atoms with Gasteiger partial charge in [-0.3, -0.25) is 4.90 Å². The Balaban J connectivity index is 1.82. The van der Waals surface area contributed by atoms with E-state index in [1.165, 1.54) is 6.54 Å². The molecular formula is C20H31N5O. The molecule has 2 aliphatic rings. The lowest BCUT2D eigenvalue weighted by molar-refractivity contribution is -0.0476. The van der Waals surface area contributed by atoms with E-state index in [1.807, 2.05) is 12.1 Å². The predicted octanol–water partition coefficient (Wildman–Crippen LogP) is 2.17. The van der Waals surface area contributed by atoms with Crippen LogP contribution in [0.1, 0.15) is 32.3 Å². The smallest absolute Gasteiger partial charge is 0.147 e. The number of piperazine rings is 1. The first-order valence-corrected chi connectivity index (χ1v) is 9.71. The maximum absolute atomic E-state index is 9.52. The number of nitrogens with zero attached hydrogens (tertiary/aromatic N) is 5. The van der Waals surface area contributed by atoms with Gasteiger partial charge in [0.25, 0.3) is 0 Å². The lowest BCUT2D eigenvalue weighted by Gasteiger charge is -2.54. The maximum atomic E-state index is 9.52. The van der Waals surface area contributed by atoms with Crippen LogP contribution in [0.2, 0.25) is 0 Å². The van der Waals surface area contributed by atoms with Gasteiger partial charge in [0.05, 0.1) is 24.4 Å². The van der Waals surface area contributed by atoms with Crippen LogP contribution in [0.15, 0.2) is 18.3 Å². The number of hydrogen-bond acceptors (Lipinski definition) is 6. The van der Waals surface area contributed by atoms with Gasteiger partial charge in [-0.15, -0.1) is 0 Å². The first-order valence-electron chi connectivity index (χ1n) is 9.71. The summed E-state index contributed by atoms with van der Waals surface area (Å²) in [6.07, 6.45) is 3.66. The predicted molar refractivity (Wildman–Crippen MR) is 103 cm³/mol. The van der Waals surface area contributed by atoms with Crippen molar-refractivity contribution in [2.75, 3.05) is 57.9 Å². The molecule has 3 heterocycles. The number of pyridine rings is 1. The average Bonchev–Trinajstić information content (AvgIpc) is 2.68. The van der Waals surface area contributed by atoms with E-state index in [2.05, 4.69) is 46.6 Å². The number of anilines is 1. The molecule has 2 fully saturated rings. The summed E-state index contributed by atoms with van der Waals surface area (Å²) in [5, 5.41) is 9.52. The van der Waals surface area contributed by atoms with E-state index in [0.717, 1.165) is 58.1 Å². The Morgan fingerprint density at radius 1 is 1.27 bits per heavy atom. The van der Waals surface area contributed by atoms with Crippen LogP contribution in [0.3, 0.4) is 0 Å². The molecule has 3 rings (SSSR count). The third-order valence-electron chi connectivity index (χ3n) is 5.73. The molecule has 0 amide bonds. The molecule has 0 unspecified atom stereocenters. The molecule has 0 bridgehead atoms. The van der Waals surface area contributed by atoms with Crippen molar-refractivity contribution in [3.05, 3.63) is 23.9 Å². The van der Waals surface area contributed by atoms with E-state index in [4.69, 9.17) is 4.74 Å². The molecular weight excluding hydrogens is 326 g/mol. The molecule has 6 nitrogen and oxygen atoms in total. The molecule has 0 aliphatic carbocycles. The molecule has 0 spiro atoms. The maximum Gasteiger partial charge on any atom is 0.147 e. The molecule has 1 aromatic rings. The second-order valence-corrected chi connectivity index (χ2v) is 7.82. The minimum Gasteiger partial charge on any atom is -0.381 e. The first-order chi connectivity index (χ1) is 12.6. The van der Waals surface area contributed by atoms with Crippen molar-refractivity contribution in [1.82, 2.24) is 14.8 Å². The van der Waals surface area contributed by atoms with Gasteiger partial charge in [-0.1, -0.05) is 13.8 Å². The van der Waals surface area contributed by atoms with E-state index in [1.54, 1.807) is 6.20 Å². The van der Waals surface area contributed by atoms with Crippen LogP contribution in [0.5, 0.6) is 0 Å². The molecule has 0 aromatic carbocycles. The van der Waals surface area contributed by atoms with Crippen LogP contribution in [0.4, 0.5) is 5.82 Å². The highest BCUT2D eigenvalue weighted by molar-refractivity contribution is 5.54. The van der Waals surface area contributed by atoms with Crippen molar-refractivity contribution in [3.63, 3.8) is 0 Å². The second-order valence-electron chi connectivity index (χ2n) is 7.82. The summed E-state index contributed by atoms with van der Waals surface area (Å²) in [4.78, 5) is 12.0. The van der Waals surface area contributed by atoms with Crippen LogP contribution in [0, 0.1) is 17.2 Å². The van der Waals surface area contributed by atoms with E-state index in [9.17, 15) is 5.26 Å². The summed E-state index contributed by atoms with van der Waals surface area (Å²) in [7, 11) is 2.09. The number of aromatic nitrogens is 1. The van der Waals surface area contributed by atoms with Gasteiger partial charge in [0.1, 0.15) is 11.9 Å². The zero-order valence-electron chi connectivity index (χ0n) is 16.3. The van der Waals surface area contributed by atoms with Crippen molar-refractivity contribution in [2.45, 2.75) is 32.4 Å². The Hall–Kier alpha value is -1.68. The highest BCUT2D eigenvalue weighted by Crippen LogP contribution is 2.35. The zero-order valence-corrected chi connectivity index (χ0v) is 16.3. The van der Waals surface area contributed by atoms with Crippen LogP contribution < -0.4 is 4.90 Å². The SMILES string of the molecule is CC(C)CN1CCN(C2(N(C)c3ncccc3C#N)CCOCC2)CC1. The first kappa shape index (κ1) is 19.1. The number of rotatable bonds is 5. The van der Waals surface area contributed by atoms with Crippen molar-refractivity contribution >= 4 is 5.82 Å². The molecule has 0 N–H and O–H groups in total. The lowest BCUT2D eigenvalue weighted by atomic mass is 9.94. The summed E-state index contributed by atoms with van der Waals surface area (Å²) in [6.45, 7) is 11.5. The molecule has 0 radical (unpaired) electrons. The van der Waals surface area contributed by atoms with Crippen molar-refractivity contribution < 1.29 is 4.74 Å². The van der Waals surface area contributed by atoms with Crippen LogP contribution in [-0.4, -0.2) is 73.4 Å². The van der Waals surface area contributed by atoms with E-state index in [0.29, 0.717) is 11.5 Å². The molecule has 0 atom stereocenters. The summed E-state index contributed by atoms with van der Waals surface area (Å²) in [5.41, 5.74) is 0.515. The highest BCUT2D eigenvalue weighted by atomic mass is 16.5. The van der Waals surface area contributed by atoms with Gasteiger partial charge in [-0.05, 0) is 18.1 Å². The van der Waals surface area contributed by atoms with Gasteiger partial charge in [-0.2, -0.15) is 5.26 Å². The highest BCUT2D eigenvalue weighted by Gasteiger charge is 2.44. The van der Waals surface area contributed by atoms with Gasteiger partial charge in [0, 0.05) is 58.8 Å². The van der Waals surface area contributed by atoms with Gasteiger partial charge >= 0.3 is 0 Å². The Kier molecular flexibility index (Phi) is 6.13. The fourth-order valence-electron chi connectivity index (χ4n) is 4.37. The van der Waals surface area contributed by atoms with E-state index in [-0.39, 0.29) is 5.66 Å². The van der Waals surface area contributed by atoms with Crippen LogP contribution in [0.25, 0.3) is 0 Å². The van der Waals surface area contributed by atoms with Crippen molar-refractivity contribution in [1.29, 1.82) is 5.26 Å². The third kappa shape index (κ3) is 3.85. The summed E-state index contributed by atoms with van der Waals surface area (Å²) in [5.74, 6) is 1.48. The quantitative estimate of drug-likeness (QED) is 0.805. The van der Waals surface area contributed by atoms with Gasteiger partial charge in [-0.25, -0.2) is 4.98 Å². The van der Waals surface area contributed by atoms with Crippen molar-refractivity contribution in [3.8, 4) is 6.07 Å². The van der Waals surface area contributed by atoms with Gasteiger partial charge < -0.3 is 14.5 Å². The van der Waals surface area contributed by atoms with Gasteiger partial charge in [0.2, 0.25) is 0 Å². The Labute approximate surface area is 157 Å². The van der Waals surface area contributed by atoms with Crippen LogP contribution in [-0.2, 0) is 4.74 Å². The molecule has 26 heavy (non-hydrogen) atoms. The molecule has 142 valence electrons. The molecule has 1 aromatic heterocycles. The molecule has 2 saturated heterocycles. The number of hydrogen-bond donors (Lipinski definition) is 0. The topological polar surface area (TPSA) is 55.6 Å². The second kappa shape index (κ2) is 8.34. The number of nitriles is 1. The fraction of sp³-hybridized carbons (Fsp3) is 0.700. The van der Waals surface area contributed by atoms with E-state index < -0.39 is 0 Å². The Bertz CT molecular complexity index is 627. The summed E-state index contributed by atoms with van der Waals surface area (Å²) in [6, 6.07) is 5.99. The Morgan fingerprint density at radius 3 is 2.58 bits per heavy atom. The largest absolute Gasteiger partial charge is 0.381 e. The number of ether oxygens (including phenoxy) is 1. The zero-order chi connectivity index (χ0) is 18.6. The molecule has 0 saturated carbocycles. The monoisotopic (exact) mass is 357 g/mol. The minimum absolute atomic E-state index is 0.123. The summed E-state index contributed by atoms with van der Waals surface area (Å²) >= 11 is 0. The normalized spacial score (nSPS) is 21.5. The van der Waals surface area contributed by atoms with Gasteiger partial charge in [0.15, 0.2) is 0 Å². The average molecular weight is 358 g/mol. The molecule has 6 heteroatoms. The summed E-state index contributed by atoms with van der Waals surface area (Å²) < 4.78 is 5.68. The minimum atomic E-state index is -0.123. The lowest BCUT2D eigenvalue weighted by Crippen LogP contribution is -2.66.